The van der Waals surface area contributed by atoms with Crippen molar-refractivity contribution in [1.29, 1.82) is 5.26 Å². The number of nitriles is 1. The molecule has 1 aliphatic heterocycles. The van der Waals surface area contributed by atoms with Gasteiger partial charge in [-0.25, -0.2) is 13.6 Å². The van der Waals surface area contributed by atoms with E-state index >= 15 is 8.78 Å². The number of hydrogen-bond acceptors (Lipinski definition) is 5. The Hall–Kier alpha value is -3.51. The van der Waals surface area contributed by atoms with E-state index in [-0.39, 0.29) is 33.2 Å². The van der Waals surface area contributed by atoms with Gasteiger partial charge in [0.25, 0.3) is 0 Å². The highest BCUT2D eigenvalue weighted by Gasteiger charge is 2.61. The average molecular weight is 615 g/mol. The minimum Gasteiger partial charge on any atom is -0.462 e. The first-order valence-corrected chi connectivity index (χ1v) is 14.2. The third-order valence-electron chi connectivity index (χ3n) is 7.40. The van der Waals surface area contributed by atoms with Crippen LogP contribution in [0.15, 0.2) is 60.7 Å². The molecule has 0 unspecified atom stereocenters. The van der Waals surface area contributed by atoms with Gasteiger partial charge in [-0.1, -0.05) is 62.2 Å². The van der Waals surface area contributed by atoms with Gasteiger partial charge in [0, 0.05) is 28.2 Å². The third kappa shape index (κ3) is 6.14. The number of halogens is 4. The quantitative estimate of drug-likeness (QED) is 0.271. The maximum absolute atomic E-state index is 15.8. The SMILES string of the molecule is CCOC(=O)c1ccc(NC(=O)[C@@H]2N[C@@H](CC(C)(C)C)[C@](C#N)(c3ccc(Cl)cc3F)[C@H]2c2cccc(Cl)c2F)cc1. The van der Waals surface area contributed by atoms with E-state index in [1.54, 1.807) is 6.92 Å². The van der Waals surface area contributed by atoms with Gasteiger partial charge in [-0.2, -0.15) is 5.26 Å². The minimum absolute atomic E-state index is 0.000109. The molecule has 0 radical (unpaired) electrons. The van der Waals surface area contributed by atoms with Crippen LogP contribution in [0.4, 0.5) is 14.5 Å². The Labute approximate surface area is 254 Å². The van der Waals surface area contributed by atoms with Crippen molar-refractivity contribution in [2.45, 2.75) is 57.5 Å². The second-order valence-corrected chi connectivity index (χ2v) is 12.3. The van der Waals surface area contributed by atoms with Crippen LogP contribution in [-0.4, -0.2) is 30.6 Å². The van der Waals surface area contributed by atoms with Crippen molar-refractivity contribution in [3.63, 3.8) is 0 Å². The molecule has 0 aliphatic carbocycles. The zero-order chi connectivity index (χ0) is 30.8. The van der Waals surface area contributed by atoms with E-state index in [1.807, 2.05) is 20.8 Å². The number of ether oxygens (including phenoxy) is 1. The molecule has 42 heavy (non-hydrogen) atoms. The molecule has 0 bridgehead atoms. The number of benzene rings is 3. The lowest BCUT2D eigenvalue weighted by Gasteiger charge is -2.37. The molecule has 1 fully saturated rings. The normalized spacial score (nSPS) is 21.9. The molecule has 6 nitrogen and oxygen atoms in total. The van der Waals surface area contributed by atoms with Crippen LogP contribution in [0.3, 0.4) is 0 Å². The number of esters is 1. The summed E-state index contributed by atoms with van der Waals surface area (Å²) in [6, 6.07) is 14.8. The van der Waals surface area contributed by atoms with Crippen molar-refractivity contribution in [3.05, 3.63) is 99.0 Å². The van der Waals surface area contributed by atoms with Crippen LogP contribution in [-0.2, 0) is 14.9 Å². The number of carbonyl (C=O) groups is 2. The molecule has 1 heterocycles. The van der Waals surface area contributed by atoms with Crippen LogP contribution >= 0.6 is 23.2 Å². The average Bonchev–Trinajstić information content (AvgIpc) is 3.23. The van der Waals surface area contributed by atoms with Crippen LogP contribution in [0.5, 0.6) is 0 Å². The molecule has 4 rings (SSSR count). The van der Waals surface area contributed by atoms with E-state index in [0.717, 1.165) is 6.07 Å². The molecule has 1 saturated heterocycles. The van der Waals surface area contributed by atoms with E-state index < -0.39 is 46.9 Å². The molecule has 3 aromatic rings. The zero-order valence-electron chi connectivity index (χ0n) is 23.6. The van der Waals surface area contributed by atoms with E-state index in [0.29, 0.717) is 17.7 Å². The predicted octanol–water partition coefficient (Wildman–Crippen LogP) is 7.41. The molecule has 10 heteroatoms. The van der Waals surface area contributed by atoms with E-state index in [1.165, 1.54) is 54.6 Å². The molecule has 2 N–H and O–H groups in total. The summed E-state index contributed by atoms with van der Waals surface area (Å²) < 4.78 is 36.5. The summed E-state index contributed by atoms with van der Waals surface area (Å²) in [6.45, 7) is 7.80. The van der Waals surface area contributed by atoms with Gasteiger partial charge >= 0.3 is 5.97 Å². The molecular formula is C32H31Cl2F2N3O3. The molecule has 1 aliphatic rings. The number of anilines is 1. The van der Waals surface area contributed by atoms with Crippen molar-refractivity contribution in [1.82, 2.24) is 5.32 Å². The van der Waals surface area contributed by atoms with Gasteiger partial charge in [0.2, 0.25) is 5.91 Å². The molecule has 1 amide bonds. The fourth-order valence-electron chi connectivity index (χ4n) is 5.68. The van der Waals surface area contributed by atoms with E-state index in [2.05, 4.69) is 16.7 Å². The Bertz CT molecular complexity index is 1540. The summed E-state index contributed by atoms with van der Waals surface area (Å²) >= 11 is 12.2. The molecule has 220 valence electrons. The van der Waals surface area contributed by atoms with Gasteiger partial charge in [-0.05, 0) is 66.8 Å². The van der Waals surface area contributed by atoms with Crippen LogP contribution in [0.2, 0.25) is 10.0 Å². The second kappa shape index (κ2) is 12.4. The lowest BCUT2D eigenvalue weighted by atomic mass is 9.62. The van der Waals surface area contributed by atoms with Crippen LogP contribution in [0.25, 0.3) is 0 Å². The van der Waals surface area contributed by atoms with Gasteiger partial charge < -0.3 is 15.4 Å². The number of amides is 1. The first kappa shape index (κ1) is 31.4. The standard InChI is InChI=1S/C32H31Cl2F2N3O3/c1-5-42-30(41)18-9-12-20(13-10-18)38-29(40)28-26(21-7-6-8-23(34)27(21)36)32(17-37,25(39-28)16-31(2,3)4)22-14-11-19(33)15-24(22)35/h6-15,25-26,28,39H,5,16H2,1-4H3,(H,38,40)/t25-,26-,28+,32-/m0/s1. The summed E-state index contributed by atoms with van der Waals surface area (Å²) in [4.78, 5) is 26.0. The summed E-state index contributed by atoms with van der Waals surface area (Å²) in [5.74, 6) is -3.81. The summed E-state index contributed by atoms with van der Waals surface area (Å²) in [6.07, 6.45) is 0.347. The minimum atomic E-state index is -1.73. The Kier molecular flexibility index (Phi) is 9.27. The van der Waals surface area contributed by atoms with Gasteiger partial charge in [-0.3, -0.25) is 4.79 Å². The summed E-state index contributed by atoms with van der Waals surface area (Å²) in [5, 5.41) is 16.9. The van der Waals surface area contributed by atoms with Crippen molar-refractivity contribution < 1.29 is 23.1 Å². The van der Waals surface area contributed by atoms with Gasteiger partial charge in [0.1, 0.15) is 17.0 Å². The predicted molar refractivity (Wildman–Crippen MR) is 159 cm³/mol. The van der Waals surface area contributed by atoms with Crippen molar-refractivity contribution >= 4 is 40.8 Å². The Morgan fingerprint density at radius 3 is 2.38 bits per heavy atom. The third-order valence-corrected chi connectivity index (χ3v) is 7.92. The van der Waals surface area contributed by atoms with Crippen LogP contribution in [0.1, 0.15) is 61.5 Å². The topological polar surface area (TPSA) is 91.2 Å². The van der Waals surface area contributed by atoms with E-state index in [4.69, 9.17) is 27.9 Å². The fraction of sp³-hybridized carbons (Fsp3) is 0.344. The number of nitrogens with zero attached hydrogens (tertiary/aromatic N) is 1. The Balaban J connectivity index is 1.87. The Morgan fingerprint density at radius 2 is 1.79 bits per heavy atom. The number of carbonyl (C=O) groups excluding carboxylic acids is 2. The van der Waals surface area contributed by atoms with Crippen molar-refractivity contribution in [2.24, 2.45) is 5.41 Å². The maximum atomic E-state index is 15.8. The number of rotatable bonds is 7. The van der Waals surface area contributed by atoms with Gasteiger partial charge in [0.15, 0.2) is 0 Å². The smallest absolute Gasteiger partial charge is 0.338 e. The number of nitrogens with one attached hydrogen (secondary N) is 2. The largest absolute Gasteiger partial charge is 0.462 e. The van der Waals surface area contributed by atoms with Gasteiger partial charge in [0.05, 0.1) is 29.3 Å². The molecule has 4 atom stereocenters. The summed E-state index contributed by atoms with van der Waals surface area (Å²) in [5.41, 5.74) is -1.44. The van der Waals surface area contributed by atoms with Crippen LogP contribution in [0, 0.1) is 28.4 Å². The zero-order valence-corrected chi connectivity index (χ0v) is 25.1. The molecule has 3 aromatic carbocycles. The van der Waals surface area contributed by atoms with E-state index in [9.17, 15) is 14.9 Å². The highest BCUT2D eigenvalue weighted by atomic mass is 35.5. The highest BCUT2D eigenvalue weighted by Crippen LogP contribution is 2.52. The lowest BCUT2D eigenvalue weighted by Crippen LogP contribution is -2.45. The Morgan fingerprint density at radius 1 is 1.10 bits per heavy atom. The molecule has 0 spiro atoms. The number of hydrogen-bond donors (Lipinski definition) is 2. The lowest BCUT2D eigenvalue weighted by molar-refractivity contribution is -0.118. The first-order chi connectivity index (χ1) is 19.8. The molecule has 0 saturated carbocycles. The molecule has 0 aromatic heterocycles. The first-order valence-electron chi connectivity index (χ1n) is 13.5. The van der Waals surface area contributed by atoms with Gasteiger partial charge in [-0.15, -0.1) is 0 Å². The maximum Gasteiger partial charge on any atom is 0.338 e. The summed E-state index contributed by atoms with van der Waals surface area (Å²) in [7, 11) is 0. The van der Waals surface area contributed by atoms with Crippen molar-refractivity contribution in [3.8, 4) is 6.07 Å². The monoisotopic (exact) mass is 613 g/mol. The molecular weight excluding hydrogens is 583 g/mol. The van der Waals surface area contributed by atoms with Crippen LogP contribution < -0.4 is 10.6 Å². The highest BCUT2D eigenvalue weighted by molar-refractivity contribution is 6.31. The fourth-order valence-corrected chi connectivity index (χ4v) is 6.02. The second-order valence-electron chi connectivity index (χ2n) is 11.5. The van der Waals surface area contributed by atoms with Crippen molar-refractivity contribution in [2.75, 3.05) is 11.9 Å².